The molecule has 1 heterocycles. The summed E-state index contributed by atoms with van der Waals surface area (Å²) in [4.78, 5) is 35.1. The first kappa shape index (κ1) is 19.1. The van der Waals surface area contributed by atoms with E-state index in [0.717, 1.165) is 10.9 Å². The average molecular weight is 381 g/mol. The molecular formula is C20H19N3O5. The van der Waals surface area contributed by atoms with Crippen LogP contribution in [0.25, 0.3) is 10.9 Å². The number of carbonyl (C=O) groups excluding carboxylic acids is 1. The number of rotatable bonds is 6. The Labute approximate surface area is 160 Å². The first-order valence-corrected chi connectivity index (χ1v) is 8.71. The van der Waals surface area contributed by atoms with Gasteiger partial charge in [0.25, 0.3) is 17.2 Å². The summed E-state index contributed by atoms with van der Waals surface area (Å²) in [5.74, 6) is -0.163. The summed E-state index contributed by atoms with van der Waals surface area (Å²) < 4.78 is 7.21. The fourth-order valence-corrected chi connectivity index (χ4v) is 3.04. The number of hydrogen-bond acceptors (Lipinski definition) is 5. The van der Waals surface area contributed by atoms with Crippen LogP contribution in [0.2, 0.25) is 0 Å². The molecule has 0 aliphatic heterocycles. The smallest absolute Gasteiger partial charge is 0.274 e. The molecule has 3 aromatic rings. The van der Waals surface area contributed by atoms with Gasteiger partial charge in [0.15, 0.2) is 6.61 Å². The third-order valence-corrected chi connectivity index (χ3v) is 4.43. The van der Waals surface area contributed by atoms with Crippen LogP contribution >= 0.6 is 0 Å². The average Bonchev–Trinajstić information content (AvgIpc) is 2.67. The summed E-state index contributed by atoms with van der Waals surface area (Å²) in [5, 5.41) is 14.4. The second-order valence-electron chi connectivity index (χ2n) is 6.15. The molecule has 0 aliphatic carbocycles. The van der Waals surface area contributed by atoms with Crippen molar-refractivity contribution in [3.63, 3.8) is 0 Å². The van der Waals surface area contributed by atoms with Crippen molar-refractivity contribution in [1.29, 1.82) is 0 Å². The summed E-state index contributed by atoms with van der Waals surface area (Å²) in [6.45, 7) is 3.63. The third kappa shape index (κ3) is 3.71. The molecule has 0 bridgehead atoms. The number of amides is 1. The van der Waals surface area contributed by atoms with Gasteiger partial charge in [-0.25, -0.2) is 0 Å². The van der Waals surface area contributed by atoms with Gasteiger partial charge in [-0.2, -0.15) is 0 Å². The van der Waals surface area contributed by atoms with Crippen LogP contribution in [0.3, 0.4) is 0 Å². The number of nitrogens with one attached hydrogen (secondary N) is 1. The molecule has 8 nitrogen and oxygen atoms in total. The Morgan fingerprint density at radius 1 is 1.21 bits per heavy atom. The predicted molar refractivity (Wildman–Crippen MR) is 106 cm³/mol. The Bertz CT molecular complexity index is 1120. The normalized spacial score (nSPS) is 10.6. The molecule has 0 radical (unpaired) electrons. The van der Waals surface area contributed by atoms with Gasteiger partial charge in [-0.1, -0.05) is 18.2 Å². The van der Waals surface area contributed by atoms with E-state index in [1.54, 1.807) is 17.6 Å². The largest absolute Gasteiger partial charge is 0.483 e. The van der Waals surface area contributed by atoms with Crippen LogP contribution < -0.4 is 15.6 Å². The molecule has 8 heteroatoms. The minimum atomic E-state index is -0.504. The highest BCUT2D eigenvalue weighted by Crippen LogP contribution is 2.26. The van der Waals surface area contributed by atoms with Crippen LogP contribution in [0, 0.1) is 17.0 Å². The summed E-state index contributed by atoms with van der Waals surface area (Å²) in [6.07, 6.45) is 0. The highest BCUT2D eigenvalue weighted by Gasteiger charge is 2.16. The number of anilines is 1. The number of para-hydroxylation sites is 1. The highest BCUT2D eigenvalue weighted by atomic mass is 16.6. The molecule has 1 N–H and O–H groups in total. The lowest BCUT2D eigenvalue weighted by Crippen LogP contribution is -2.23. The van der Waals surface area contributed by atoms with Crippen molar-refractivity contribution >= 4 is 28.2 Å². The van der Waals surface area contributed by atoms with E-state index >= 15 is 0 Å². The van der Waals surface area contributed by atoms with Crippen molar-refractivity contribution in [2.45, 2.75) is 20.4 Å². The second-order valence-corrected chi connectivity index (χ2v) is 6.15. The quantitative estimate of drug-likeness (QED) is 0.521. The van der Waals surface area contributed by atoms with Gasteiger partial charge in [0, 0.05) is 24.1 Å². The Hall–Kier alpha value is -3.68. The topological polar surface area (TPSA) is 103 Å². The van der Waals surface area contributed by atoms with Gasteiger partial charge in [0.2, 0.25) is 0 Å². The van der Waals surface area contributed by atoms with Gasteiger partial charge in [-0.15, -0.1) is 0 Å². The number of nitro groups is 1. The molecule has 0 saturated carbocycles. The van der Waals surface area contributed by atoms with Gasteiger partial charge < -0.3 is 14.6 Å². The first-order valence-electron chi connectivity index (χ1n) is 8.71. The number of nitrogens with zero attached hydrogens (tertiary/aromatic N) is 2. The van der Waals surface area contributed by atoms with E-state index in [1.165, 1.54) is 18.2 Å². The molecule has 2 aromatic carbocycles. The number of fused-ring (bicyclic) bond motifs is 1. The van der Waals surface area contributed by atoms with Crippen molar-refractivity contribution in [3.8, 4) is 5.75 Å². The molecule has 0 saturated heterocycles. The number of benzene rings is 2. The number of pyridine rings is 1. The zero-order valence-corrected chi connectivity index (χ0v) is 15.5. The number of aryl methyl sites for hydroxylation is 1. The second kappa shape index (κ2) is 7.91. The molecule has 144 valence electrons. The minimum Gasteiger partial charge on any atom is -0.483 e. The predicted octanol–water partition coefficient (Wildman–Crippen LogP) is 3.26. The number of nitro benzene ring substituents is 1. The van der Waals surface area contributed by atoms with E-state index in [1.807, 2.05) is 31.2 Å². The summed E-state index contributed by atoms with van der Waals surface area (Å²) in [5.41, 5.74) is 1.13. The van der Waals surface area contributed by atoms with Gasteiger partial charge in [0.05, 0.1) is 21.7 Å². The Morgan fingerprint density at radius 3 is 2.68 bits per heavy atom. The molecule has 28 heavy (non-hydrogen) atoms. The molecule has 0 fully saturated rings. The lowest BCUT2D eigenvalue weighted by Gasteiger charge is -2.13. The third-order valence-electron chi connectivity index (χ3n) is 4.43. The maximum absolute atomic E-state index is 12.3. The van der Waals surface area contributed by atoms with E-state index < -0.39 is 10.8 Å². The maximum Gasteiger partial charge on any atom is 0.274 e. The lowest BCUT2D eigenvalue weighted by molar-refractivity contribution is -0.385. The Balaban J connectivity index is 1.80. The lowest BCUT2D eigenvalue weighted by atomic mass is 10.1. The number of hydrogen-bond donors (Lipinski definition) is 1. The van der Waals surface area contributed by atoms with E-state index in [-0.39, 0.29) is 17.9 Å². The van der Waals surface area contributed by atoms with Crippen LogP contribution in [0.1, 0.15) is 12.5 Å². The van der Waals surface area contributed by atoms with Crippen LogP contribution in [-0.4, -0.2) is 22.0 Å². The monoisotopic (exact) mass is 381 g/mol. The molecule has 0 atom stereocenters. The van der Waals surface area contributed by atoms with E-state index in [4.69, 9.17) is 4.74 Å². The number of ether oxygens (including phenoxy) is 1. The summed E-state index contributed by atoms with van der Waals surface area (Å²) in [6, 6.07) is 13.1. The SMILES string of the molecule is CCn1c(=O)cc(OCC(=O)Nc2cccc([N+](=O)[O-])c2C)c2ccccc21. The number of aromatic nitrogens is 1. The standard InChI is InChI=1S/C20H19N3O5/c1-3-22-17-9-5-4-7-14(17)18(11-20(22)25)28-12-19(24)21-15-8-6-10-16(13(15)2)23(26)27/h4-11H,3,12H2,1-2H3,(H,21,24). The molecule has 3 rings (SSSR count). The zero-order chi connectivity index (χ0) is 20.3. The summed E-state index contributed by atoms with van der Waals surface area (Å²) in [7, 11) is 0. The van der Waals surface area contributed by atoms with Crippen molar-refractivity contribution in [2.75, 3.05) is 11.9 Å². The molecule has 0 unspecified atom stereocenters. The van der Waals surface area contributed by atoms with Crippen LogP contribution in [0.15, 0.2) is 53.3 Å². The van der Waals surface area contributed by atoms with Crippen molar-refractivity contribution in [3.05, 3.63) is 74.6 Å². The summed E-state index contributed by atoms with van der Waals surface area (Å²) >= 11 is 0. The van der Waals surface area contributed by atoms with Crippen molar-refractivity contribution < 1.29 is 14.5 Å². The van der Waals surface area contributed by atoms with Crippen molar-refractivity contribution in [2.24, 2.45) is 0 Å². The molecule has 0 aliphatic rings. The first-order chi connectivity index (χ1) is 13.4. The fraction of sp³-hybridized carbons (Fsp3) is 0.200. The van der Waals surface area contributed by atoms with Gasteiger partial charge >= 0.3 is 0 Å². The van der Waals surface area contributed by atoms with Gasteiger partial charge in [-0.3, -0.25) is 19.7 Å². The van der Waals surface area contributed by atoms with Crippen LogP contribution in [0.4, 0.5) is 11.4 Å². The van der Waals surface area contributed by atoms with Gasteiger partial charge in [-0.05, 0) is 32.0 Å². The molecule has 1 aromatic heterocycles. The van der Waals surface area contributed by atoms with Gasteiger partial charge in [0.1, 0.15) is 5.75 Å². The van der Waals surface area contributed by atoms with E-state index in [9.17, 15) is 19.7 Å². The van der Waals surface area contributed by atoms with Crippen molar-refractivity contribution in [1.82, 2.24) is 4.57 Å². The fourth-order valence-electron chi connectivity index (χ4n) is 3.04. The zero-order valence-electron chi connectivity index (χ0n) is 15.5. The molecular weight excluding hydrogens is 362 g/mol. The minimum absolute atomic E-state index is 0.0760. The molecule has 0 spiro atoms. The maximum atomic E-state index is 12.3. The number of carbonyl (C=O) groups is 1. The Morgan fingerprint density at radius 2 is 1.96 bits per heavy atom. The van der Waals surface area contributed by atoms with Crippen LogP contribution in [-0.2, 0) is 11.3 Å². The van der Waals surface area contributed by atoms with Crippen LogP contribution in [0.5, 0.6) is 5.75 Å². The Kier molecular flexibility index (Phi) is 5.39. The molecule has 1 amide bonds. The highest BCUT2D eigenvalue weighted by molar-refractivity contribution is 5.93. The van der Waals surface area contributed by atoms with E-state index in [2.05, 4.69) is 5.32 Å². The van der Waals surface area contributed by atoms with E-state index in [0.29, 0.717) is 23.5 Å².